The number of amides is 1. The van der Waals surface area contributed by atoms with Crippen molar-refractivity contribution in [2.75, 3.05) is 11.9 Å². The van der Waals surface area contributed by atoms with Crippen LogP contribution in [0.5, 0.6) is 0 Å². The molecule has 0 fully saturated rings. The number of carbonyl (C=O) groups is 2. The van der Waals surface area contributed by atoms with Crippen molar-refractivity contribution < 1.29 is 19.4 Å². The molecule has 1 aromatic carbocycles. The van der Waals surface area contributed by atoms with Crippen LogP contribution in [0, 0.1) is 0 Å². The molecule has 0 unspecified atom stereocenters. The summed E-state index contributed by atoms with van der Waals surface area (Å²) in [6, 6.07) is 8.54. The summed E-state index contributed by atoms with van der Waals surface area (Å²) >= 11 is 0. The summed E-state index contributed by atoms with van der Waals surface area (Å²) in [6.45, 7) is 1.72. The number of carbonyl (C=O) groups excluding carboxylic acids is 2. The molecule has 0 aliphatic heterocycles. The number of hydrogen-bond acceptors (Lipinski definition) is 4. The molecule has 86 valence electrons. The van der Waals surface area contributed by atoms with Gasteiger partial charge in [0.1, 0.15) is 0 Å². The Morgan fingerprint density at radius 1 is 1.38 bits per heavy atom. The van der Waals surface area contributed by atoms with E-state index in [0.717, 1.165) is 0 Å². The minimum Gasteiger partial charge on any atom is -0.464 e. The lowest BCUT2D eigenvalue weighted by atomic mass is 10.3. The highest BCUT2D eigenvalue weighted by atomic mass is 16.5. The molecule has 0 aliphatic rings. The topological polar surface area (TPSA) is 75.6 Å². The summed E-state index contributed by atoms with van der Waals surface area (Å²) in [5.74, 6) is -1.75. The summed E-state index contributed by atoms with van der Waals surface area (Å²) in [4.78, 5) is 22.4. The Bertz CT molecular complexity index is 364. The molecule has 5 heteroatoms. The first-order valence-electron chi connectivity index (χ1n) is 4.85. The van der Waals surface area contributed by atoms with Gasteiger partial charge in [0.05, 0.1) is 6.61 Å². The second-order valence-corrected chi connectivity index (χ2v) is 3.01. The first kappa shape index (κ1) is 12.2. The first-order chi connectivity index (χ1) is 7.65. The van der Waals surface area contributed by atoms with E-state index in [1.807, 2.05) is 0 Å². The van der Waals surface area contributed by atoms with Gasteiger partial charge >= 0.3 is 5.97 Å². The van der Waals surface area contributed by atoms with Crippen molar-refractivity contribution in [1.82, 2.24) is 0 Å². The standard InChI is InChI=1S/C11H13NO4/c1-2-16-11(15)9(13)10(14)12-8-6-4-3-5-7-8/h3-7,9,13H,2H2,1H3,(H,12,14)/t9-/m1/s1. The summed E-state index contributed by atoms with van der Waals surface area (Å²) < 4.78 is 4.51. The Morgan fingerprint density at radius 3 is 2.56 bits per heavy atom. The molecule has 1 amide bonds. The van der Waals surface area contributed by atoms with Crippen LogP contribution in [0.15, 0.2) is 30.3 Å². The Kier molecular flexibility index (Phi) is 4.47. The number of esters is 1. The largest absolute Gasteiger partial charge is 0.464 e. The van der Waals surface area contributed by atoms with E-state index in [0.29, 0.717) is 5.69 Å². The van der Waals surface area contributed by atoms with Crippen LogP contribution in [0.25, 0.3) is 0 Å². The number of para-hydroxylation sites is 1. The summed E-state index contributed by atoms with van der Waals surface area (Å²) in [5.41, 5.74) is 0.510. The molecule has 2 N–H and O–H groups in total. The molecule has 0 spiro atoms. The highest BCUT2D eigenvalue weighted by Gasteiger charge is 2.24. The van der Waals surface area contributed by atoms with Gasteiger partial charge in [-0.2, -0.15) is 0 Å². The predicted octanol–water partition coefficient (Wildman–Crippen LogP) is 0.549. The van der Waals surface area contributed by atoms with Gasteiger partial charge in [0.25, 0.3) is 5.91 Å². The summed E-state index contributed by atoms with van der Waals surface area (Å²) in [5, 5.41) is 11.7. The van der Waals surface area contributed by atoms with Crippen molar-refractivity contribution in [2.24, 2.45) is 0 Å². The maximum atomic E-state index is 11.4. The van der Waals surface area contributed by atoms with Gasteiger partial charge in [0.2, 0.25) is 6.10 Å². The smallest absolute Gasteiger partial charge is 0.344 e. The number of ether oxygens (including phenoxy) is 1. The van der Waals surface area contributed by atoms with Crippen LogP contribution >= 0.6 is 0 Å². The van der Waals surface area contributed by atoms with E-state index in [1.54, 1.807) is 37.3 Å². The molecule has 0 aromatic heterocycles. The zero-order chi connectivity index (χ0) is 12.0. The van der Waals surface area contributed by atoms with Crippen molar-refractivity contribution in [3.05, 3.63) is 30.3 Å². The van der Waals surface area contributed by atoms with Crippen LogP contribution in [-0.2, 0) is 14.3 Å². The number of hydrogen-bond donors (Lipinski definition) is 2. The van der Waals surface area contributed by atoms with Gasteiger partial charge in [-0.05, 0) is 19.1 Å². The highest BCUT2D eigenvalue weighted by molar-refractivity contribution is 6.07. The van der Waals surface area contributed by atoms with Gasteiger partial charge in [-0.15, -0.1) is 0 Å². The molecule has 1 aromatic rings. The Hall–Kier alpha value is -1.88. The lowest BCUT2D eigenvalue weighted by molar-refractivity contribution is -0.156. The predicted molar refractivity (Wildman–Crippen MR) is 57.7 cm³/mol. The van der Waals surface area contributed by atoms with Gasteiger partial charge in [-0.3, -0.25) is 4.79 Å². The molecule has 0 bridgehead atoms. The minimum absolute atomic E-state index is 0.120. The Labute approximate surface area is 93.0 Å². The summed E-state index contributed by atoms with van der Waals surface area (Å²) in [6.07, 6.45) is -1.79. The first-order valence-corrected chi connectivity index (χ1v) is 4.85. The highest BCUT2D eigenvalue weighted by Crippen LogP contribution is 2.05. The van der Waals surface area contributed by atoms with E-state index < -0.39 is 18.0 Å². The van der Waals surface area contributed by atoms with E-state index in [1.165, 1.54) is 0 Å². The second-order valence-electron chi connectivity index (χ2n) is 3.01. The molecule has 1 rings (SSSR count). The number of benzene rings is 1. The zero-order valence-electron chi connectivity index (χ0n) is 8.84. The minimum atomic E-state index is -1.79. The second kappa shape index (κ2) is 5.87. The molecule has 16 heavy (non-hydrogen) atoms. The summed E-state index contributed by atoms with van der Waals surface area (Å²) in [7, 11) is 0. The van der Waals surface area contributed by atoms with E-state index in [9.17, 15) is 14.7 Å². The number of nitrogens with one attached hydrogen (secondary N) is 1. The molecule has 5 nitrogen and oxygen atoms in total. The van der Waals surface area contributed by atoms with Crippen LogP contribution in [-0.4, -0.2) is 29.7 Å². The van der Waals surface area contributed by atoms with Gasteiger partial charge in [-0.1, -0.05) is 18.2 Å². The van der Waals surface area contributed by atoms with Crippen LogP contribution in [0.3, 0.4) is 0 Å². The van der Waals surface area contributed by atoms with Crippen molar-refractivity contribution in [3.8, 4) is 0 Å². The van der Waals surface area contributed by atoms with Gasteiger partial charge in [-0.25, -0.2) is 4.79 Å². The van der Waals surface area contributed by atoms with Crippen molar-refractivity contribution in [1.29, 1.82) is 0 Å². The normalized spacial score (nSPS) is 11.6. The van der Waals surface area contributed by atoms with Crippen LogP contribution in [0.4, 0.5) is 5.69 Å². The number of rotatable bonds is 4. The van der Waals surface area contributed by atoms with Crippen LogP contribution < -0.4 is 5.32 Å². The molecule has 0 aliphatic carbocycles. The van der Waals surface area contributed by atoms with E-state index in [4.69, 9.17) is 0 Å². The average molecular weight is 223 g/mol. The lowest BCUT2D eigenvalue weighted by Gasteiger charge is -2.09. The fraction of sp³-hybridized carbons (Fsp3) is 0.273. The molecule has 1 atom stereocenters. The number of aliphatic hydroxyl groups is 1. The van der Waals surface area contributed by atoms with E-state index >= 15 is 0 Å². The van der Waals surface area contributed by atoms with Gasteiger partial charge in [0.15, 0.2) is 0 Å². The third-order valence-electron chi connectivity index (χ3n) is 1.80. The molecule has 0 radical (unpaired) electrons. The average Bonchev–Trinajstić information content (AvgIpc) is 2.29. The fourth-order valence-electron chi connectivity index (χ4n) is 1.06. The van der Waals surface area contributed by atoms with Gasteiger partial charge < -0.3 is 15.2 Å². The third-order valence-corrected chi connectivity index (χ3v) is 1.80. The monoisotopic (exact) mass is 223 g/mol. The third kappa shape index (κ3) is 3.36. The van der Waals surface area contributed by atoms with E-state index in [-0.39, 0.29) is 6.61 Å². The van der Waals surface area contributed by atoms with Crippen molar-refractivity contribution >= 4 is 17.6 Å². The zero-order valence-corrected chi connectivity index (χ0v) is 8.84. The fourth-order valence-corrected chi connectivity index (χ4v) is 1.06. The maximum Gasteiger partial charge on any atom is 0.344 e. The van der Waals surface area contributed by atoms with Crippen molar-refractivity contribution in [2.45, 2.75) is 13.0 Å². The maximum absolute atomic E-state index is 11.4. The Balaban J connectivity index is 2.56. The molecular weight excluding hydrogens is 210 g/mol. The van der Waals surface area contributed by atoms with Crippen LogP contribution in [0.2, 0.25) is 0 Å². The SMILES string of the molecule is CCOC(=O)[C@H](O)C(=O)Nc1ccccc1. The Morgan fingerprint density at radius 2 is 2.00 bits per heavy atom. The number of aliphatic hydroxyl groups excluding tert-OH is 1. The molecule has 0 heterocycles. The molecule has 0 saturated carbocycles. The number of anilines is 1. The quantitative estimate of drug-likeness (QED) is 0.577. The van der Waals surface area contributed by atoms with Gasteiger partial charge in [0, 0.05) is 5.69 Å². The lowest BCUT2D eigenvalue weighted by Crippen LogP contribution is -2.36. The van der Waals surface area contributed by atoms with Crippen molar-refractivity contribution in [3.63, 3.8) is 0 Å². The van der Waals surface area contributed by atoms with E-state index in [2.05, 4.69) is 10.1 Å². The molecule has 0 saturated heterocycles. The molecular formula is C11H13NO4. The van der Waals surface area contributed by atoms with Crippen LogP contribution in [0.1, 0.15) is 6.92 Å².